The number of aryl methyl sites for hydroxylation is 1. The zero-order chi connectivity index (χ0) is 22.0. The highest BCUT2D eigenvalue weighted by molar-refractivity contribution is 8.00. The van der Waals surface area contributed by atoms with Crippen LogP contribution in [0.5, 0.6) is 0 Å². The molecule has 0 aliphatic carbocycles. The number of fused-ring (bicyclic) bond motifs is 1. The number of thioether (sulfide) groups is 1. The van der Waals surface area contributed by atoms with E-state index in [0.717, 1.165) is 11.1 Å². The molecule has 0 unspecified atom stereocenters. The van der Waals surface area contributed by atoms with E-state index < -0.39 is 11.5 Å². The Bertz CT molecular complexity index is 1200. The fourth-order valence-corrected chi connectivity index (χ4v) is 3.45. The molecule has 0 aliphatic rings. The van der Waals surface area contributed by atoms with Crippen molar-refractivity contribution in [3.8, 4) is 11.3 Å². The summed E-state index contributed by atoms with van der Waals surface area (Å²) in [5.41, 5.74) is -1.03. The third-order valence-electron chi connectivity index (χ3n) is 4.36. The van der Waals surface area contributed by atoms with Gasteiger partial charge in [0.2, 0.25) is 5.78 Å². The fraction of sp³-hybridized carbons (Fsp3) is 0.0952. The molecule has 2 heterocycles. The van der Waals surface area contributed by atoms with Gasteiger partial charge in [0, 0.05) is 40.4 Å². The van der Waals surface area contributed by atoms with E-state index in [1.807, 2.05) is 31.5 Å². The first-order chi connectivity index (χ1) is 14.8. The van der Waals surface area contributed by atoms with Crippen LogP contribution in [0.3, 0.4) is 0 Å². The lowest BCUT2D eigenvalue weighted by molar-refractivity contribution is -0.0328. The Morgan fingerprint density at radius 2 is 1.87 bits per heavy atom. The van der Waals surface area contributed by atoms with Gasteiger partial charge in [0.25, 0.3) is 0 Å². The maximum absolute atomic E-state index is 12.4. The predicted molar refractivity (Wildman–Crippen MR) is 114 cm³/mol. The summed E-state index contributed by atoms with van der Waals surface area (Å²) in [5, 5.41) is 5.39. The van der Waals surface area contributed by atoms with Crippen molar-refractivity contribution in [1.82, 2.24) is 14.4 Å². The summed E-state index contributed by atoms with van der Waals surface area (Å²) in [6, 6.07) is 12.3. The average Bonchev–Trinajstić information content (AvgIpc) is 3.14. The number of hydrogen-bond donors (Lipinski definition) is 2. The van der Waals surface area contributed by atoms with Crippen molar-refractivity contribution in [2.45, 2.75) is 17.3 Å². The topological polar surface area (TPSA) is 71.3 Å². The number of amides is 2. The number of alkyl halides is 3. The van der Waals surface area contributed by atoms with Crippen LogP contribution in [0.15, 0.2) is 72.0 Å². The van der Waals surface area contributed by atoms with Crippen molar-refractivity contribution in [3.05, 3.63) is 72.7 Å². The maximum Gasteiger partial charge on any atom is 0.446 e. The summed E-state index contributed by atoms with van der Waals surface area (Å²) < 4.78 is 39.1. The summed E-state index contributed by atoms with van der Waals surface area (Å²) in [5.74, 6) is 0.567. The lowest BCUT2D eigenvalue weighted by atomic mass is 10.1. The van der Waals surface area contributed by atoms with Gasteiger partial charge >= 0.3 is 11.5 Å². The number of aromatic nitrogens is 3. The van der Waals surface area contributed by atoms with Crippen LogP contribution in [-0.4, -0.2) is 25.9 Å². The van der Waals surface area contributed by atoms with Crippen LogP contribution in [0, 0.1) is 6.92 Å². The Hall–Kier alpha value is -3.53. The molecule has 0 aliphatic heterocycles. The minimum atomic E-state index is -4.36. The minimum absolute atomic E-state index is 0.0453. The number of nitrogens with zero attached hydrogens (tertiary/aromatic N) is 3. The van der Waals surface area contributed by atoms with E-state index in [0.29, 0.717) is 22.8 Å². The molecule has 31 heavy (non-hydrogen) atoms. The van der Waals surface area contributed by atoms with Crippen LogP contribution in [0.4, 0.5) is 29.3 Å². The molecule has 2 amide bonds. The molecule has 10 heteroatoms. The molecular formula is C21H16F3N5OS. The second-order valence-electron chi connectivity index (χ2n) is 6.63. The summed E-state index contributed by atoms with van der Waals surface area (Å²) in [4.78, 5) is 21.1. The number of nitrogens with one attached hydrogen (secondary N) is 2. The quantitative estimate of drug-likeness (QED) is 0.382. The number of rotatable bonds is 4. The van der Waals surface area contributed by atoms with Crippen LogP contribution in [0.25, 0.3) is 17.0 Å². The smallest absolute Gasteiger partial charge is 0.308 e. The lowest BCUT2D eigenvalue weighted by Crippen LogP contribution is -2.20. The molecule has 4 aromatic rings. The summed E-state index contributed by atoms with van der Waals surface area (Å²) in [6.07, 6.45) is 5.35. The molecule has 2 aromatic carbocycles. The fourth-order valence-electron chi connectivity index (χ4n) is 2.91. The molecule has 158 valence electrons. The van der Waals surface area contributed by atoms with Crippen LogP contribution >= 0.6 is 11.8 Å². The number of anilines is 2. The number of imidazole rings is 1. The van der Waals surface area contributed by atoms with Crippen LogP contribution in [0.1, 0.15) is 5.56 Å². The van der Waals surface area contributed by atoms with Crippen molar-refractivity contribution in [3.63, 3.8) is 0 Å². The molecule has 4 rings (SSSR count). The van der Waals surface area contributed by atoms with E-state index in [2.05, 4.69) is 20.6 Å². The lowest BCUT2D eigenvalue weighted by Gasteiger charge is -2.12. The summed E-state index contributed by atoms with van der Waals surface area (Å²) in [6.45, 7) is 1.85. The summed E-state index contributed by atoms with van der Waals surface area (Å²) in [7, 11) is 0. The van der Waals surface area contributed by atoms with Gasteiger partial charge in [-0.25, -0.2) is 14.8 Å². The Labute approximate surface area is 179 Å². The van der Waals surface area contributed by atoms with Gasteiger partial charge in [-0.15, -0.1) is 0 Å². The van der Waals surface area contributed by atoms with Crippen molar-refractivity contribution in [2.75, 3.05) is 10.6 Å². The standard InChI is InChI=1S/C21H16F3N5OS/c1-13-3-4-14(18-12-29-10-2-9-25-19(29)27-18)11-17(13)28-20(30)26-15-5-7-16(8-6-15)31-21(22,23)24/h2-12H,1H3,(H2,26,28,30). The van der Waals surface area contributed by atoms with Gasteiger partial charge in [0.05, 0.1) is 5.69 Å². The average molecular weight is 443 g/mol. The van der Waals surface area contributed by atoms with E-state index in [-0.39, 0.29) is 16.7 Å². The summed E-state index contributed by atoms with van der Waals surface area (Å²) >= 11 is -0.207. The van der Waals surface area contributed by atoms with Gasteiger partial charge < -0.3 is 10.6 Å². The number of urea groups is 1. The molecule has 0 radical (unpaired) electrons. The van der Waals surface area contributed by atoms with Gasteiger partial charge in [-0.05, 0) is 60.6 Å². The molecule has 0 spiro atoms. The van der Waals surface area contributed by atoms with E-state index in [9.17, 15) is 18.0 Å². The van der Waals surface area contributed by atoms with Crippen molar-refractivity contribution >= 4 is 34.9 Å². The van der Waals surface area contributed by atoms with Crippen molar-refractivity contribution in [1.29, 1.82) is 0 Å². The second-order valence-corrected chi connectivity index (χ2v) is 7.77. The van der Waals surface area contributed by atoms with Gasteiger partial charge in [-0.1, -0.05) is 12.1 Å². The highest BCUT2D eigenvalue weighted by Crippen LogP contribution is 2.37. The molecule has 2 aromatic heterocycles. The predicted octanol–water partition coefficient (Wildman–Crippen LogP) is 5.96. The number of hydrogen-bond acceptors (Lipinski definition) is 4. The number of benzene rings is 2. The van der Waals surface area contributed by atoms with Gasteiger partial charge in [-0.3, -0.25) is 4.40 Å². The Balaban J connectivity index is 1.47. The van der Waals surface area contributed by atoms with Gasteiger partial charge in [0.15, 0.2) is 0 Å². The maximum atomic E-state index is 12.4. The Morgan fingerprint density at radius 3 is 2.58 bits per heavy atom. The van der Waals surface area contributed by atoms with Crippen molar-refractivity contribution in [2.24, 2.45) is 0 Å². The van der Waals surface area contributed by atoms with E-state index in [1.54, 1.807) is 22.7 Å². The van der Waals surface area contributed by atoms with Crippen LogP contribution in [0.2, 0.25) is 0 Å². The molecule has 0 saturated carbocycles. The van der Waals surface area contributed by atoms with Crippen LogP contribution in [-0.2, 0) is 0 Å². The normalized spacial score (nSPS) is 11.5. The number of carbonyl (C=O) groups excluding carboxylic acids is 1. The highest BCUT2D eigenvalue weighted by Gasteiger charge is 2.29. The molecule has 0 saturated heterocycles. The first kappa shape index (κ1) is 20.7. The molecule has 0 bridgehead atoms. The first-order valence-corrected chi connectivity index (χ1v) is 9.93. The molecule has 0 atom stereocenters. The monoisotopic (exact) mass is 443 g/mol. The minimum Gasteiger partial charge on any atom is -0.308 e. The van der Waals surface area contributed by atoms with E-state index >= 15 is 0 Å². The highest BCUT2D eigenvalue weighted by atomic mass is 32.2. The largest absolute Gasteiger partial charge is 0.446 e. The molecule has 6 nitrogen and oxygen atoms in total. The Morgan fingerprint density at radius 1 is 1.10 bits per heavy atom. The zero-order valence-electron chi connectivity index (χ0n) is 16.1. The van der Waals surface area contributed by atoms with E-state index in [4.69, 9.17) is 0 Å². The van der Waals surface area contributed by atoms with Gasteiger partial charge in [-0.2, -0.15) is 13.2 Å². The van der Waals surface area contributed by atoms with Crippen LogP contribution < -0.4 is 10.6 Å². The van der Waals surface area contributed by atoms with Crippen molar-refractivity contribution < 1.29 is 18.0 Å². The first-order valence-electron chi connectivity index (χ1n) is 9.11. The number of halogens is 3. The van der Waals surface area contributed by atoms with Gasteiger partial charge in [0.1, 0.15) is 0 Å². The second kappa shape index (κ2) is 8.31. The SMILES string of the molecule is Cc1ccc(-c2cn3cccnc3n2)cc1NC(=O)Nc1ccc(SC(F)(F)F)cc1. The Kier molecular flexibility index (Phi) is 5.55. The zero-order valence-corrected chi connectivity index (χ0v) is 17.0. The third kappa shape index (κ3) is 5.15. The molecule has 2 N–H and O–H groups in total. The molecule has 0 fully saturated rings. The number of carbonyl (C=O) groups is 1. The molecular weight excluding hydrogens is 427 g/mol. The third-order valence-corrected chi connectivity index (χ3v) is 5.10. The van der Waals surface area contributed by atoms with E-state index in [1.165, 1.54) is 24.3 Å².